The summed E-state index contributed by atoms with van der Waals surface area (Å²) in [7, 11) is 2.19. The van der Waals surface area contributed by atoms with Gasteiger partial charge in [0.1, 0.15) is 0 Å². The van der Waals surface area contributed by atoms with Gasteiger partial charge in [0.15, 0.2) is 0 Å². The molecule has 3 heteroatoms. The molecule has 3 nitrogen and oxygen atoms in total. The quantitative estimate of drug-likeness (QED) is 0.796. The van der Waals surface area contributed by atoms with Crippen LogP contribution in [0.5, 0.6) is 0 Å². The molecule has 0 radical (unpaired) electrons. The summed E-state index contributed by atoms with van der Waals surface area (Å²) in [5.41, 5.74) is 0. The molecule has 1 N–H and O–H groups in total. The topological polar surface area (TPSA) is 26.7 Å². The molecule has 0 amide bonds. The molecule has 0 aromatic carbocycles. The molecular weight excluding hydrogens is 212 g/mol. The van der Waals surface area contributed by atoms with Crippen molar-refractivity contribution in [1.29, 1.82) is 0 Å². The molecule has 1 aliphatic heterocycles. The molecule has 2 atom stereocenters. The third-order valence-electron chi connectivity index (χ3n) is 4.78. The normalized spacial score (nSPS) is 34.8. The van der Waals surface area contributed by atoms with Crippen molar-refractivity contribution >= 4 is 0 Å². The van der Waals surface area contributed by atoms with Crippen LogP contribution in [-0.4, -0.2) is 59.8 Å². The predicted molar refractivity (Wildman–Crippen MR) is 71.2 cm³/mol. The van der Waals surface area contributed by atoms with E-state index in [4.69, 9.17) is 0 Å². The number of likely N-dealkylation sites (N-methyl/N-ethyl adjacent to an activating group) is 1. The first-order chi connectivity index (χ1) is 8.22. The molecule has 0 aromatic heterocycles. The summed E-state index contributed by atoms with van der Waals surface area (Å²) in [6.07, 6.45) is 8.09. The van der Waals surface area contributed by atoms with Crippen molar-refractivity contribution in [2.75, 3.05) is 26.7 Å². The molecule has 100 valence electrons. The Morgan fingerprint density at radius 3 is 2.47 bits per heavy atom. The van der Waals surface area contributed by atoms with E-state index in [1.54, 1.807) is 0 Å². The molecular formula is C14H28N2O. The van der Waals surface area contributed by atoms with Crippen LogP contribution < -0.4 is 0 Å². The van der Waals surface area contributed by atoms with Crippen LogP contribution in [0, 0.1) is 0 Å². The Morgan fingerprint density at radius 2 is 1.82 bits per heavy atom. The molecule has 1 aliphatic carbocycles. The molecule has 2 unspecified atom stereocenters. The molecule has 1 heterocycles. The van der Waals surface area contributed by atoms with E-state index in [9.17, 15) is 5.11 Å². The molecule has 1 saturated carbocycles. The van der Waals surface area contributed by atoms with Crippen LogP contribution in [0.15, 0.2) is 0 Å². The second-order valence-corrected chi connectivity index (χ2v) is 5.94. The third-order valence-corrected chi connectivity index (χ3v) is 4.78. The van der Waals surface area contributed by atoms with Crippen molar-refractivity contribution in [2.45, 2.75) is 63.6 Å². The van der Waals surface area contributed by atoms with Gasteiger partial charge >= 0.3 is 0 Å². The zero-order valence-corrected chi connectivity index (χ0v) is 11.4. The van der Waals surface area contributed by atoms with Crippen LogP contribution in [0.1, 0.15) is 45.4 Å². The van der Waals surface area contributed by atoms with Gasteiger partial charge in [-0.1, -0.05) is 19.3 Å². The molecule has 0 spiro atoms. The smallest absolute Gasteiger partial charge is 0.0599 e. The fourth-order valence-electron chi connectivity index (χ4n) is 3.41. The highest BCUT2D eigenvalue weighted by molar-refractivity contribution is 4.87. The minimum absolute atomic E-state index is 0.313. The Balaban J connectivity index is 2.02. The van der Waals surface area contributed by atoms with E-state index in [1.807, 2.05) is 0 Å². The number of hydrogen-bond acceptors (Lipinski definition) is 3. The number of aliphatic hydroxyl groups is 1. The van der Waals surface area contributed by atoms with E-state index in [1.165, 1.54) is 45.1 Å². The van der Waals surface area contributed by atoms with Crippen molar-refractivity contribution in [3.8, 4) is 0 Å². The zero-order valence-electron chi connectivity index (χ0n) is 11.4. The highest BCUT2D eigenvalue weighted by Crippen LogP contribution is 2.26. The standard InChI is InChI=1S/C14H28N2O/c1-12-8-9-16(13-6-4-3-5-7-13)14(11-17)10-15(12)2/h12-14,17H,3-11H2,1-2H3. The molecule has 2 aliphatic rings. The second-order valence-electron chi connectivity index (χ2n) is 5.94. The Bertz CT molecular complexity index is 228. The van der Waals surface area contributed by atoms with E-state index in [0.717, 1.165) is 12.6 Å². The highest BCUT2D eigenvalue weighted by Gasteiger charge is 2.31. The maximum Gasteiger partial charge on any atom is 0.0599 e. The Labute approximate surface area is 106 Å². The first-order valence-corrected chi connectivity index (χ1v) is 7.29. The van der Waals surface area contributed by atoms with E-state index >= 15 is 0 Å². The van der Waals surface area contributed by atoms with E-state index in [-0.39, 0.29) is 0 Å². The summed E-state index contributed by atoms with van der Waals surface area (Å²) in [6.45, 7) is 4.81. The summed E-state index contributed by atoms with van der Waals surface area (Å²) >= 11 is 0. The lowest BCUT2D eigenvalue weighted by molar-refractivity contribution is 0.0633. The van der Waals surface area contributed by atoms with Crippen LogP contribution in [-0.2, 0) is 0 Å². The fraction of sp³-hybridized carbons (Fsp3) is 1.00. The molecule has 17 heavy (non-hydrogen) atoms. The maximum atomic E-state index is 9.65. The lowest BCUT2D eigenvalue weighted by Crippen LogP contribution is -2.48. The number of hydrogen-bond donors (Lipinski definition) is 1. The summed E-state index contributed by atoms with van der Waals surface area (Å²) in [5, 5.41) is 9.65. The molecule has 0 bridgehead atoms. The van der Waals surface area contributed by atoms with Crippen LogP contribution in [0.25, 0.3) is 0 Å². The summed E-state index contributed by atoms with van der Waals surface area (Å²) in [4.78, 5) is 5.02. The molecule has 2 rings (SSSR count). The van der Waals surface area contributed by atoms with Gasteiger partial charge in [0.05, 0.1) is 6.61 Å². The van der Waals surface area contributed by atoms with Crippen molar-refractivity contribution in [3.63, 3.8) is 0 Å². The monoisotopic (exact) mass is 240 g/mol. The van der Waals surface area contributed by atoms with Crippen molar-refractivity contribution in [3.05, 3.63) is 0 Å². The molecule has 2 fully saturated rings. The van der Waals surface area contributed by atoms with Gasteiger partial charge in [-0.05, 0) is 33.2 Å². The number of aliphatic hydroxyl groups excluding tert-OH is 1. The Hall–Kier alpha value is -0.120. The summed E-state index contributed by atoms with van der Waals surface area (Å²) in [6, 6.07) is 1.74. The Morgan fingerprint density at radius 1 is 1.12 bits per heavy atom. The third kappa shape index (κ3) is 3.21. The van der Waals surface area contributed by atoms with Crippen LogP contribution in [0.2, 0.25) is 0 Å². The van der Waals surface area contributed by atoms with E-state index in [2.05, 4.69) is 23.8 Å². The SMILES string of the molecule is CC1CCN(C2CCCCC2)C(CO)CN1C. The van der Waals surface area contributed by atoms with Gasteiger partial charge in [-0.2, -0.15) is 0 Å². The predicted octanol–water partition coefficient (Wildman–Crippen LogP) is 1.71. The van der Waals surface area contributed by atoms with Gasteiger partial charge in [0, 0.05) is 31.2 Å². The fourth-order valence-corrected chi connectivity index (χ4v) is 3.41. The lowest BCUT2D eigenvalue weighted by Gasteiger charge is -2.38. The second kappa shape index (κ2) is 6.17. The van der Waals surface area contributed by atoms with Crippen molar-refractivity contribution in [2.24, 2.45) is 0 Å². The minimum Gasteiger partial charge on any atom is -0.395 e. The van der Waals surface area contributed by atoms with Crippen LogP contribution >= 0.6 is 0 Å². The zero-order chi connectivity index (χ0) is 12.3. The summed E-state index contributed by atoms with van der Waals surface area (Å²) < 4.78 is 0. The Kier molecular flexibility index (Phi) is 4.83. The van der Waals surface area contributed by atoms with Gasteiger partial charge in [-0.3, -0.25) is 4.90 Å². The van der Waals surface area contributed by atoms with Crippen molar-refractivity contribution in [1.82, 2.24) is 9.80 Å². The first-order valence-electron chi connectivity index (χ1n) is 7.29. The van der Waals surface area contributed by atoms with Gasteiger partial charge in [-0.25, -0.2) is 0 Å². The highest BCUT2D eigenvalue weighted by atomic mass is 16.3. The van der Waals surface area contributed by atoms with Crippen LogP contribution in [0.4, 0.5) is 0 Å². The molecule has 1 saturated heterocycles. The van der Waals surface area contributed by atoms with E-state index in [0.29, 0.717) is 18.7 Å². The maximum absolute atomic E-state index is 9.65. The van der Waals surface area contributed by atoms with Crippen LogP contribution in [0.3, 0.4) is 0 Å². The summed E-state index contributed by atoms with van der Waals surface area (Å²) in [5.74, 6) is 0. The average molecular weight is 240 g/mol. The lowest BCUT2D eigenvalue weighted by atomic mass is 9.93. The van der Waals surface area contributed by atoms with Crippen molar-refractivity contribution < 1.29 is 5.11 Å². The van der Waals surface area contributed by atoms with Gasteiger partial charge in [0.25, 0.3) is 0 Å². The number of rotatable bonds is 2. The van der Waals surface area contributed by atoms with Gasteiger partial charge < -0.3 is 10.0 Å². The van der Waals surface area contributed by atoms with Gasteiger partial charge in [-0.15, -0.1) is 0 Å². The first kappa shape index (κ1) is 13.3. The molecule has 0 aromatic rings. The van der Waals surface area contributed by atoms with E-state index < -0.39 is 0 Å². The van der Waals surface area contributed by atoms with Gasteiger partial charge in [0.2, 0.25) is 0 Å². The largest absolute Gasteiger partial charge is 0.395 e. The average Bonchev–Trinajstić information content (AvgIpc) is 2.51. The number of nitrogens with zero attached hydrogens (tertiary/aromatic N) is 2. The minimum atomic E-state index is 0.313.